The van der Waals surface area contributed by atoms with Crippen molar-refractivity contribution in [1.29, 1.82) is 0 Å². The zero-order chi connectivity index (χ0) is 17.6. The minimum Gasteiger partial charge on any atom is -0.496 e. The highest BCUT2D eigenvalue weighted by molar-refractivity contribution is 9.10. The van der Waals surface area contributed by atoms with E-state index in [1.165, 1.54) is 11.8 Å². The van der Waals surface area contributed by atoms with Crippen LogP contribution < -0.4 is 10.1 Å². The number of thioether (sulfide) groups is 1. The van der Waals surface area contributed by atoms with E-state index in [0.717, 1.165) is 10.0 Å². The highest BCUT2D eigenvalue weighted by atomic mass is 79.9. The van der Waals surface area contributed by atoms with Crippen molar-refractivity contribution in [2.24, 2.45) is 0 Å². The van der Waals surface area contributed by atoms with E-state index in [1.54, 1.807) is 25.3 Å². The molecular weight excluding hydrogens is 406 g/mol. The van der Waals surface area contributed by atoms with Crippen LogP contribution in [-0.4, -0.2) is 29.0 Å². The van der Waals surface area contributed by atoms with Gasteiger partial charge in [0.25, 0.3) is 5.22 Å². The second kappa shape index (κ2) is 8.17. The van der Waals surface area contributed by atoms with Crippen LogP contribution in [0.5, 0.6) is 5.75 Å². The van der Waals surface area contributed by atoms with Crippen LogP contribution in [0.15, 0.2) is 62.6 Å². The lowest BCUT2D eigenvalue weighted by atomic mass is 10.2. The number of methoxy groups -OCH3 is 1. The number of anilines is 1. The smallest absolute Gasteiger partial charge is 0.277 e. The Labute approximate surface area is 157 Å². The predicted molar refractivity (Wildman–Crippen MR) is 99.8 cm³/mol. The fourth-order valence-electron chi connectivity index (χ4n) is 2.03. The third-order valence-corrected chi connectivity index (χ3v) is 4.63. The number of hydrogen-bond donors (Lipinski definition) is 1. The van der Waals surface area contributed by atoms with Crippen LogP contribution in [0.2, 0.25) is 0 Å². The number of halogens is 1. The second-order valence-corrected chi connectivity index (χ2v) is 6.71. The van der Waals surface area contributed by atoms with Gasteiger partial charge in [-0.1, -0.05) is 30.0 Å². The standard InChI is InChI=1S/C17H14BrN3O3S/c1-23-14-8-7-12(9-13(14)18)19-15(22)10-25-17-21-20-16(24-17)11-5-3-2-4-6-11/h2-9H,10H2,1H3,(H,19,22). The van der Waals surface area contributed by atoms with Gasteiger partial charge in [-0.15, -0.1) is 10.2 Å². The summed E-state index contributed by atoms with van der Waals surface area (Å²) in [6.07, 6.45) is 0. The molecule has 1 amide bonds. The van der Waals surface area contributed by atoms with Crippen molar-refractivity contribution in [3.8, 4) is 17.2 Å². The van der Waals surface area contributed by atoms with Crippen molar-refractivity contribution in [2.75, 3.05) is 18.2 Å². The summed E-state index contributed by atoms with van der Waals surface area (Å²) in [4.78, 5) is 12.1. The first-order valence-corrected chi connectivity index (χ1v) is 9.08. The molecule has 2 aromatic carbocycles. The number of ether oxygens (including phenoxy) is 1. The molecule has 3 rings (SSSR count). The molecule has 6 nitrogen and oxygen atoms in total. The maximum Gasteiger partial charge on any atom is 0.277 e. The topological polar surface area (TPSA) is 77.2 Å². The Hall–Kier alpha value is -2.32. The Balaban J connectivity index is 1.56. The molecule has 0 fully saturated rings. The maximum atomic E-state index is 12.1. The third kappa shape index (κ3) is 4.61. The molecule has 0 unspecified atom stereocenters. The van der Waals surface area contributed by atoms with Gasteiger partial charge >= 0.3 is 0 Å². The Morgan fingerprint density at radius 1 is 1.24 bits per heavy atom. The summed E-state index contributed by atoms with van der Waals surface area (Å²) in [5.74, 6) is 1.14. The molecule has 0 aliphatic rings. The van der Waals surface area contributed by atoms with Crippen LogP contribution in [0.3, 0.4) is 0 Å². The number of nitrogens with one attached hydrogen (secondary N) is 1. The van der Waals surface area contributed by atoms with Crippen LogP contribution in [0.25, 0.3) is 11.5 Å². The highest BCUT2D eigenvalue weighted by Gasteiger charge is 2.11. The van der Waals surface area contributed by atoms with Gasteiger partial charge in [0.1, 0.15) is 5.75 Å². The third-order valence-electron chi connectivity index (χ3n) is 3.19. The molecule has 1 N–H and O–H groups in total. The average molecular weight is 420 g/mol. The lowest BCUT2D eigenvalue weighted by Crippen LogP contribution is -2.14. The van der Waals surface area contributed by atoms with E-state index >= 15 is 0 Å². The first-order chi connectivity index (χ1) is 12.2. The van der Waals surface area contributed by atoms with Crippen LogP contribution in [0.4, 0.5) is 5.69 Å². The van der Waals surface area contributed by atoms with Gasteiger partial charge in [-0.25, -0.2) is 0 Å². The fourth-order valence-corrected chi connectivity index (χ4v) is 3.14. The van der Waals surface area contributed by atoms with E-state index in [4.69, 9.17) is 9.15 Å². The van der Waals surface area contributed by atoms with Crippen molar-refractivity contribution >= 4 is 39.3 Å². The van der Waals surface area contributed by atoms with E-state index < -0.39 is 0 Å². The molecule has 1 heterocycles. The summed E-state index contributed by atoms with van der Waals surface area (Å²) < 4.78 is 11.5. The first-order valence-electron chi connectivity index (χ1n) is 7.31. The quantitative estimate of drug-likeness (QED) is 0.602. The molecule has 3 aromatic rings. The van der Waals surface area contributed by atoms with Crippen molar-refractivity contribution in [3.63, 3.8) is 0 Å². The predicted octanol–water partition coefficient (Wildman–Crippen LogP) is 4.24. The summed E-state index contributed by atoms with van der Waals surface area (Å²) in [6.45, 7) is 0. The minimum atomic E-state index is -0.165. The molecule has 128 valence electrons. The number of benzene rings is 2. The molecule has 0 spiro atoms. The highest BCUT2D eigenvalue weighted by Crippen LogP contribution is 2.28. The van der Waals surface area contributed by atoms with Crippen molar-refractivity contribution < 1.29 is 13.9 Å². The molecule has 8 heteroatoms. The lowest BCUT2D eigenvalue weighted by molar-refractivity contribution is -0.113. The molecule has 0 radical (unpaired) electrons. The van der Waals surface area contributed by atoms with Gasteiger partial charge in [-0.3, -0.25) is 4.79 Å². The summed E-state index contributed by atoms with van der Waals surface area (Å²) in [5.41, 5.74) is 1.52. The van der Waals surface area contributed by atoms with Gasteiger partial charge in [0, 0.05) is 11.3 Å². The van der Waals surface area contributed by atoms with Gasteiger partial charge in [0.15, 0.2) is 0 Å². The van der Waals surface area contributed by atoms with Crippen LogP contribution >= 0.6 is 27.7 Å². The molecule has 25 heavy (non-hydrogen) atoms. The molecule has 0 bridgehead atoms. The number of carbonyl (C=O) groups is 1. The monoisotopic (exact) mass is 419 g/mol. The van der Waals surface area contributed by atoms with E-state index in [9.17, 15) is 4.79 Å². The number of hydrogen-bond acceptors (Lipinski definition) is 6. The number of rotatable bonds is 6. The maximum absolute atomic E-state index is 12.1. The molecule has 0 saturated heterocycles. The van der Waals surface area contributed by atoms with Crippen LogP contribution in [0, 0.1) is 0 Å². The second-order valence-electron chi connectivity index (χ2n) is 4.93. The summed E-state index contributed by atoms with van der Waals surface area (Å²) in [6, 6.07) is 14.8. The van der Waals surface area contributed by atoms with Crippen molar-refractivity contribution in [2.45, 2.75) is 5.22 Å². The van der Waals surface area contributed by atoms with Crippen molar-refractivity contribution in [3.05, 3.63) is 53.0 Å². The number of carbonyl (C=O) groups excluding carboxylic acids is 1. The number of nitrogens with zero attached hydrogens (tertiary/aromatic N) is 2. The lowest BCUT2D eigenvalue weighted by Gasteiger charge is -2.07. The molecule has 0 aliphatic heterocycles. The van der Waals surface area contributed by atoms with Crippen molar-refractivity contribution in [1.82, 2.24) is 10.2 Å². The Morgan fingerprint density at radius 2 is 2.04 bits per heavy atom. The van der Waals surface area contributed by atoms with Gasteiger partial charge in [-0.2, -0.15) is 0 Å². The molecule has 0 atom stereocenters. The molecule has 0 aliphatic carbocycles. The normalized spacial score (nSPS) is 10.5. The summed E-state index contributed by atoms with van der Waals surface area (Å²) >= 11 is 4.57. The van der Waals surface area contributed by atoms with E-state index in [2.05, 4.69) is 31.4 Å². The van der Waals surface area contributed by atoms with E-state index in [0.29, 0.717) is 22.6 Å². The van der Waals surface area contributed by atoms with E-state index in [-0.39, 0.29) is 11.7 Å². The van der Waals surface area contributed by atoms with Crippen LogP contribution in [-0.2, 0) is 4.79 Å². The molecular formula is C17H14BrN3O3S. The Bertz CT molecular complexity index is 871. The van der Waals surface area contributed by atoms with Gasteiger partial charge in [-0.05, 0) is 46.3 Å². The average Bonchev–Trinajstić information content (AvgIpc) is 3.10. The SMILES string of the molecule is COc1ccc(NC(=O)CSc2nnc(-c3ccccc3)o2)cc1Br. The summed E-state index contributed by atoms with van der Waals surface area (Å²) in [5, 5.41) is 11.1. The largest absolute Gasteiger partial charge is 0.496 e. The zero-order valence-corrected chi connectivity index (χ0v) is 15.6. The molecule has 1 aromatic heterocycles. The Kier molecular flexibility index (Phi) is 5.72. The minimum absolute atomic E-state index is 0.165. The number of amides is 1. The van der Waals surface area contributed by atoms with Gasteiger partial charge < -0.3 is 14.5 Å². The Morgan fingerprint density at radius 3 is 2.76 bits per heavy atom. The first kappa shape index (κ1) is 17.5. The molecule has 0 saturated carbocycles. The number of aromatic nitrogens is 2. The van der Waals surface area contributed by atoms with Crippen LogP contribution in [0.1, 0.15) is 0 Å². The zero-order valence-electron chi connectivity index (χ0n) is 13.2. The van der Waals surface area contributed by atoms with E-state index in [1.807, 2.05) is 30.3 Å². The fraction of sp³-hybridized carbons (Fsp3) is 0.118. The van der Waals surface area contributed by atoms with Gasteiger partial charge in [0.05, 0.1) is 17.3 Å². The summed E-state index contributed by atoms with van der Waals surface area (Å²) in [7, 11) is 1.59. The van der Waals surface area contributed by atoms with Gasteiger partial charge in [0.2, 0.25) is 11.8 Å².